The third kappa shape index (κ3) is 4.01. The lowest BCUT2D eigenvalue weighted by Gasteiger charge is -2.56. The number of phenolic OH excluding ortho intramolecular Hbond substituents is 1. The molecular weight excluding hydrogens is 546 g/mol. The Balaban J connectivity index is 1.56. The number of carbonyl (C=O) groups excluding carboxylic acids is 6. The molecule has 8 atom stereocenters. The van der Waals surface area contributed by atoms with E-state index in [1.807, 2.05) is 0 Å². The van der Waals surface area contributed by atoms with Crippen LogP contribution in [0.25, 0.3) is 0 Å². The molecule has 0 spiro atoms. The summed E-state index contributed by atoms with van der Waals surface area (Å²) in [6.07, 6.45) is -1.70. The average molecular weight is 578 g/mol. The highest BCUT2D eigenvalue weighted by atomic mass is 16.3. The van der Waals surface area contributed by atoms with Crippen LogP contribution in [0.2, 0.25) is 0 Å². The van der Waals surface area contributed by atoms with E-state index in [-0.39, 0.29) is 17.7 Å². The van der Waals surface area contributed by atoms with Crippen LogP contribution in [-0.2, 0) is 25.7 Å². The van der Waals surface area contributed by atoms with Gasteiger partial charge in [-0.05, 0) is 37.7 Å². The number of primary amides is 1. The summed E-state index contributed by atoms with van der Waals surface area (Å²) >= 11 is 0. The average Bonchev–Trinajstić information content (AvgIpc) is 2.94. The van der Waals surface area contributed by atoms with Crippen LogP contribution < -0.4 is 11.1 Å². The maximum Gasteiger partial charge on any atom is 0.251 e. The number of nitrogens with one attached hydrogen (secondary N) is 1. The smallest absolute Gasteiger partial charge is 0.251 e. The number of carbonyl (C=O) groups is 6. The van der Waals surface area contributed by atoms with Gasteiger partial charge in [-0.3, -0.25) is 33.7 Å². The monoisotopic (exact) mass is 577 g/mol. The van der Waals surface area contributed by atoms with Crippen molar-refractivity contribution in [2.45, 2.75) is 37.1 Å². The highest BCUT2D eigenvalue weighted by Crippen LogP contribution is 2.54. The predicted molar refractivity (Wildman–Crippen MR) is 145 cm³/mol. The topological polar surface area (TPSA) is 204 Å². The second-order valence-corrected chi connectivity index (χ2v) is 11.5. The molecule has 0 saturated heterocycles. The van der Waals surface area contributed by atoms with Crippen LogP contribution in [0, 0.1) is 23.7 Å². The summed E-state index contributed by atoms with van der Waals surface area (Å²) in [6.45, 7) is 1.47. The number of aromatic hydroxyl groups is 1. The van der Waals surface area contributed by atoms with E-state index in [1.165, 1.54) is 25.1 Å². The number of amides is 2. The normalized spacial score (nSPS) is 32.2. The Labute approximate surface area is 240 Å². The summed E-state index contributed by atoms with van der Waals surface area (Å²) in [5.41, 5.74) is 2.91. The largest absolute Gasteiger partial charge is 0.507 e. The molecule has 3 aliphatic carbocycles. The second kappa shape index (κ2) is 10.2. The Morgan fingerprint density at radius 3 is 2.26 bits per heavy atom. The van der Waals surface area contributed by atoms with E-state index in [0.717, 1.165) is 0 Å². The molecule has 2 aromatic carbocycles. The number of phenols is 1. The van der Waals surface area contributed by atoms with E-state index in [9.17, 15) is 44.1 Å². The summed E-state index contributed by atoms with van der Waals surface area (Å²) in [4.78, 5) is 80.6. The molecule has 12 heteroatoms. The first-order chi connectivity index (χ1) is 19.7. The molecule has 5 rings (SSSR count). The number of hydrogen-bond donors (Lipinski definition) is 5. The molecule has 12 nitrogen and oxygen atoms in total. The number of aliphatic hydroxyl groups is 2. The first kappa shape index (κ1) is 29.2. The second-order valence-electron chi connectivity index (χ2n) is 11.5. The van der Waals surface area contributed by atoms with Crippen molar-refractivity contribution < 1.29 is 44.1 Å². The van der Waals surface area contributed by atoms with Gasteiger partial charge in [0, 0.05) is 23.6 Å². The van der Waals surface area contributed by atoms with Gasteiger partial charge in [-0.25, -0.2) is 0 Å². The van der Waals surface area contributed by atoms with Crippen LogP contribution in [-0.4, -0.2) is 87.0 Å². The minimum absolute atomic E-state index is 0.156. The number of likely N-dealkylation sites (N-methyl/N-ethyl adjacent to an activating group) is 1. The van der Waals surface area contributed by atoms with Crippen LogP contribution in [0.1, 0.15) is 44.7 Å². The molecule has 0 aromatic heterocycles. The zero-order valence-electron chi connectivity index (χ0n) is 23.1. The Kier molecular flexibility index (Phi) is 7.12. The van der Waals surface area contributed by atoms with Gasteiger partial charge >= 0.3 is 0 Å². The molecule has 2 fully saturated rings. The van der Waals surface area contributed by atoms with Crippen molar-refractivity contribution in [1.82, 2.24) is 10.2 Å². The van der Waals surface area contributed by atoms with E-state index in [0.29, 0.717) is 11.1 Å². The van der Waals surface area contributed by atoms with Gasteiger partial charge in [0.1, 0.15) is 5.75 Å². The highest BCUT2D eigenvalue weighted by Gasteiger charge is 2.72. The van der Waals surface area contributed by atoms with E-state index in [2.05, 4.69) is 5.32 Å². The number of nitrogens with two attached hydrogens (primary N) is 1. The molecule has 0 heterocycles. The van der Waals surface area contributed by atoms with Crippen molar-refractivity contribution in [3.63, 3.8) is 0 Å². The van der Waals surface area contributed by atoms with E-state index in [1.54, 1.807) is 43.3 Å². The third-order valence-corrected chi connectivity index (χ3v) is 9.05. The van der Waals surface area contributed by atoms with Crippen molar-refractivity contribution in [3.8, 4) is 5.75 Å². The van der Waals surface area contributed by atoms with Crippen molar-refractivity contribution in [2.75, 3.05) is 14.1 Å². The van der Waals surface area contributed by atoms with Crippen LogP contribution in [0.3, 0.4) is 0 Å². The Morgan fingerprint density at radius 1 is 1.02 bits per heavy atom. The summed E-state index contributed by atoms with van der Waals surface area (Å²) in [6, 6.07) is 9.98. The number of fused-ring (bicyclic) bond motifs is 3. The molecule has 42 heavy (non-hydrogen) atoms. The molecule has 3 aliphatic rings. The third-order valence-electron chi connectivity index (χ3n) is 9.05. The van der Waals surface area contributed by atoms with Gasteiger partial charge in [0.05, 0.1) is 29.5 Å². The maximum absolute atomic E-state index is 14.0. The van der Waals surface area contributed by atoms with Crippen LogP contribution >= 0.6 is 0 Å². The number of rotatable bonds is 5. The van der Waals surface area contributed by atoms with Crippen molar-refractivity contribution in [2.24, 2.45) is 29.4 Å². The molecule has 0 aliphatic heterocycles. The number of hydrogen-bond acceptors (Lipinski definition) is 10. The summed E-state index contributed by atoms with van der Waals surface area (Å²) in [5, 5.41) is 37.2. The number of aliphatic hydroxyl groups excluding tert-OH is 1. The first-order valence-electron chi connectivity index (χ1n) is 13.5. The number of Topliss-reactive ketones (excluding diaryl/α,β-unsaturated/α-hetero) is 4. The number of nitrogens with zero attached hydrogens (tertiary/aromatic N) is 1. The summed E-state index contributed by atoms with van der Waals surface area (Å²) in [7, 11) is 2.86. The number of benzene rings is 2. The van der Waals surface area contributed by atoms with Crippen molar-refractivity contribution in [3.05, 3.63) is 64.7 Å². The molecule has 2 saturated carbocycles. The van der Waals surface area contributed by atoms with E-state index >= 15 is 0 Å². The summed E-state index contributed by atoms with van der Waals surface area (Å²) < 4.78 is 0. The molecule has 220 valence electrons. The minimum Gasteiger partial charge on any atom is -0.507 e. The van der Waals surface area contributed by atoms with Gasteiger partial charge < -0.3 is 26.4 Å². The van der Waals surface area contributed by atoms with Crippen molar-refractivity contribution >= 4 is 34.9 Å². The SMILES string of the molecule is C[C@H]1c2ccc(CNC(=O)c3ccccc3)c(O)c2C(=O)C2C(=O)[C@]3(O)C(=O)C(C(N)=O)C(=O)C(N(C)C)C3[C@@H](O)C21. The van der Waals surface area contributed by atoms with Crippen LogP contribution in [0.4, 0.5) is 0 Å². The Morgan fingerprint density at radius 2 is 1.67 bits per heavy atom. The van der Waals surface area contributed by atoms with Gasteiger partial charge in [0.15, 0.2) is 34.7 Å². The molecule has 2 amide bonds. The Hall–Kier alpha value is -4.26. The van der Waals surface area contributed by atoms with Crippen molar-refractivity contribution in [1.29, 1.82) is 0 Å². The lowest BCUT2D eigenvalue weighted by atomic mass is 9.49. The summed E-state index contributed by atoms with van der Waals surface area (Å²) in [5.74, 6) is -14.4. The highest BCUT2D eigenvalue weighted by molar-refractivity contribution is 6.32. The predicted octanol–water partition coefficient (Wildman–Crippen LogP) is -0.671. The van der Waals surface area contributed by atoms with Gasteiger partial charge in [-0.15, -0.1) is 0 Å². The lowest BCUT2D eigenvalue weighted by Crippen LogP contribution is -2.77. The molecule has 0 radical (unpaired) electrons. The Bertz CT molecular complexity index is 1540. The standard InChI is InChI=1S/C30H31N3O9/c1-12-15-10-9-14(11-32-29(41)13-7-5-4-6-8-13)22(34)17(15)23(35)18-16(12)24(36)20-21(33(2)3)25(37)19(28(31)40)27(39)30(20,42)26(18)38/h4-10,12,16,18-21,24,34,36,42H,11H2,1-3H3,(H2,31,40)(H,32,41)/t12-,16?,18?,19?,20?,21?,24-,30-/m0/s1. The lowest BCUT2D eigenvalue weighted by molar-refractivity contribution is -0.196. The molecule has 2 aromatic rings. The van der Waals surface area contributed by atoms with E-state index in [4.69, 9.17) is 5.73 Å². The number of ketones is 4. The van der Waals surface area contributed by atoms with Gasteiger partial charge in [-0.2, -0.15) is 0 Å². The molecular formula is C30H31N3O9. The zero-order chi connectivity index (χ0) is 30.8. The van der Waals surface area contributed by atoms with Gasteiger partial charge in [-0.1, -0.05) is 37.3 Å². The molecule has 6 N–H and O–H groups in total. The van der Waals surface area contributed by atoms with Gasteiger partial charge in [0.2, 0.25) is 5.91 Å². The molecule has 0 bridgehead atoms. The maximum atomic E-state index is 14.0. The van der Waals surface area contributed by atoms with Gasteiger partial charge in [0.25, 0.3) is 5.91 Å². The van der Waals surface area contributed by atoms with Crippen LogP contribution in [0.15, 0.2) is 42.5 Å². The quantitative estimate of drug-likeness (QED) is 0.283. The fraction of sp³-hybridized carbons (Fsp3) is 0.400. The first-order valence-corrected chi connectivity index (χ1v) is 13.5. The van der Waals surface area contributed by atoms with E-state index < -0.39 is 88.0 Å². The molecule has 5 unspecified atom stereocenters. The minimum atomic E-state index is -3.06. The fourth-order valence-electron chi connectivity index (χ4n) is 7.04. The zero-order valence-corrected chi connectivity index (χ0v) is 23.1. The fourth-order valence-corrected chi connectivity index (χ4v) is 7.04. The van der Waals surface area contributed by atoms with Crippen LogP contribution in [0.5, 0.6) is 5.75 Å².